The zero-order chi connectivity index (χ0) is 18.6. The maximum atomic E-state index is 12.1. The molecule has 0 bridgehead atoms. The lowest BCUT2D eigenvalue weighted by Crippen LogP contribution is -2.20. The molecule has 0 saturated carbocycles. The van der Waals surface area contributed by atoms with Crippen LogP contribution >= 0.6 is 27.5 Å². The SMILES string of the molecule is CC(C)c1cc(Br)ccc1OCC(=O)Nc1ccc(Cl)c([N+](=O)[O-])c1. The van der Waals surface area contributed by atoms with Crippen molar-refractivity contribution in [2.45, 2.75) is 19.8 Å². The molecule has 2 aromatic rings. The van der Waals surface area contributed by atoms with Crippen LogP contribution in [0.3, 0.4) is 0 Å². The molecule has 6 nitrogen and oxygen atoms in total. The topological polar surface area (TPSA) is 81.5 Å². The summed E-state index contributed by atoms with van der Waals surface area (Å²) in [7, 11) is 0. The van der Waals surface area contributed by atoms with Gasteiger partial charge in [-0.25, -0.2) is 0 Å². The lowest BCUT2D eigenvalue weighted by Gasteiger charge is -2.14. The summed E-state index contributed by atoms with van der Waals surface area (Å²) in [5.41, 5.74) is 0.990. The van der Waals surface area contributed by atoms with E-state index in [0.717, 1.165) is 10.0 Å². The number of ether oxygens (including phenoxy) is 1. The van der Waals surface area contributed by atoms with Crippen LogP contribution in [0.1, 0.15) is 25.3 Å². The van der Waals surface area contributed by atoms with Crippen molar-refractivity contribution in [1.29, 1.82) is 0 Å². The minimum atomic E-state index is -0.606. The Morgan fingerprint density at radius 1 is 1.32 bits per heavy atom. The normalized spacial score (nSPS) is 10.6. The van der Waals surface area contributed by atoms with Crippen LogP contribution in [0.4, 0.5) is 11.4 Å². The Hall–Kier alpha value is -2.12. The van der Waals surface area contributed by atoms with Crippen molar-refractivity contribution in [2.24, 2.45) is 0 Å². The minimum absolute atomic E-state index is 0.00990. The number of nitro groups is 1. The van der Waals surface area contributed by atoms with Gasteiger partial charge in [0.2, 0.25) is 0 Å². The van der Waals surface area contributed by atoms with Crippen molar-refractivity contribution >= 4 is 44.8 Å². The number of carbonyl (C=O) groups excluding carboxylic acids is 1. The van der Waals surface area contributed by atoms with Crippen LogP contribution in [0.15, 0.2) is 40.9 Å². The third kappa shape index (κ3) is 5.17. The maximum absolute atomic E-state index is 12.1. The molecule has 0 saturated heterocycles. The molecule has 0 aliphatic rings. The van der Waals surface area contributed by atoms with Crippen LogP contribution in [-0.2, 0) is 4.79 Å². The summed E-state index contributed by atoms with van der Waals surface area (Å²) < 4.78 is 6.53. The van der Waals surface area contributed by atoms with Crippen LogP contribution in [-0.4, -0.2) is 17.4 Å². The summed E-state index contributed by atoms with van der Waals surface area (Å²) in [6.45, 7) is 3.85. The van der Waals surface area contributed by atoms with Gasteiger partial charge in [0.1, 0.15) is 10.8 Å². The number of halogens is 2. The van der Waals surface area contributed by atoms with Crippen LogP contribution in [0.25, 0.3) is 0 Å². The average molecular weight is 428 g/mol. The molecule has 0 atom stereocenters. The third-order valence-corrected chi connectivity index (χ3v) is 4.19. The number of amides is 1. The fraction of sp³-hybridized carbons (Fsp3) is 0.235. The Morgan fingerprint density at radius 2 is 2.04 bits per heavy atom. The summed E-state index contributed by atoms with van der Waals surface area (Å²) in [6.07, 6.45) is 0. The summed E-state index contributed by atoms with van der Waals surface area (Å²) in [5, 5.41) is 13.4. The smallest absolute Gasteiger partial charge is 0.289 e. The summed E-state index contributed by atoms with van der Waals surface area (Å²) >= 11 is 9.16. The van der Waals surface area contributed by atoms with E-state index in [1.807, 2.05) is 26.0 Å². The average Bonchev–Trinajstić information content (AvgIpc) is 2.55. The zero-order valence-electron chi connectivity index (χ0n) is 13.6. The van der Waals surface area contributed by atoms with Crippen molar-refractivity contribution in [3.8, 4) is 5.75 Å². The fourth-order valence-corrected chi connectivity index (χ4v) is 2.74. The second-order valence-electron chi connectivity index (χ2n) is 5.60. The van der Waals surface area contributed by atoms with E-state index in [1.54, 1.807) is 6.07 Å². The zero-order valence-corrected chi connectivity index (χ0v) is 15.9. The second-order valence-corrected chi connectivity index (χ2v) is 6.92. The van der Waals surface area contributed by atoms with E-state index in [0.29, 0.717) is 5.75 Å². The van der Waals surface area contributed by atoms with Gasteiger partial charge < -0.3 is 10.1 Å². The molecule has 8 heteroatoms. The lowest BCUT2D eigenvalue weighted by molar-refractivity contribution is -0.384. The summed E-state index contributed by atoms with van der Waals surface area (Å²) in [6, 6.07) is 9.63. The molecule has 0 radical (unpaired) electrons. The molecule has 1 N–H and O–H groups in total. The largest absolute Gasteiger partial charge is 0.483 e. The Balaban J connectivity index is 2.05. The molecule has 132 valence electrons. The van der Waals surface area contributed by atoms with Gasteiger partial charge in [0, 0.05) is 16.2 Å². The molecular weight excluding hydrogens is 412 g/mol. The van der Waals surface area contributed by atoms with E-state index in [4.69, 9.17) is 16.3 Å². The molecule has 2 aromatic carbocycles. The van der Waals surface area contributed by atoms with Gasteiger partial charge in [0.05, 0.1) is 4.92 Å². The Morgan fingerprint density at radius 3 is 2.68 bits per heavy atom. The highest BCUT2D eigenvalue weighted by atomic mass is 79.9. The molecule has 0 aliphatic carbocycles. The van der Waals surface area contributed by atoms with Gasteiger partial charge in [0.25, 0.3) is 11.6 Å². The number of nitrogens with one attached hydrogen (secondary N) is 1. The van der Waals surface area contributed by atoms with Crippen LogP contribution in [0.2, 0.25) is 5.02 Å². The van der Waals surface area contributed by atoms with E-state index < -0.39 is 10.8 Å². The predicted octanol–water partition coefficient (Wildman–Crippen LogP) is 5.15. The highest BCUT2D eigenvalue weighted by Crippen LogP contribution is 2.30. The molecule has 0 fully saturated rings. The summed E-state index contributed by atoms with van der Waals surface area (Å²) in [5.74, 6) is 0.430. The lowest BCUT2D eigenvalue weighted by atomic mass is 10.0. The van der Waals surface area contributed by atoms with Crippen LogP contribution in [0.5, 0.6) is 5.75 Å². The molecule has 0 spiro atoms. The standard InChI is InChI=1S/C17H16BrClN2O4/c1-10(2)13-7-11(18)3-6-16(13)25-9-17(22)20-12-4-5-14(19)15(8-12)21(23)24/h3-8,10H,9H2,1-2H3,(H,20,22). The van der Waals surface area contributed by atoms with Gasteiger partial charge in [0.15, 0.2) is 6.61 Å². The molecule has 0 heterocycles. The van der Waals surface area contributed by atoms with Gasteiger partial charge in [-0.1, -0.05) is 41.4 Å². The van der Waals surface area contributed by atoms with E-state index in [1.165, 1.54) is 18.2 Å². The number of nitro benzene ring substituents is 1. The first-order chi connectivity index (χ1) is 11.8. The molecule has 0 aromatic heterocycles. The molecule has 2 rings (SSSR count). The molecule has 0 unspecified atom stereocenters. The first-order valence-electron chi connectivity index (χ1n) is 7.44. The third-order valence-electron chi connectivity index (χ3n) is 3.38. The maximum Gasteiger partial charge on any atom is 0.289 e. The van der Waals surface area contributed by atoms with Crippen molar-refractivity contribution < 1.29 is 14.5 Å². The van der Waals surface area contributed by atoms with Crippen LogP contribution < -0.4 is 10.1 Å². The van der Waals surface area contributed by atoms with Gasteiger partial charge in [-0.05, 0) is 41.8 Å². The van der Waals surface area contributed by atoms with Crippen molar-refractivity contribution in [3.05, 3.63) is 61.6 Å². The Labute approximate surface area is 158 Å². The highest BCUT2D eigenvalue weighted by Gasteiger charge is 2.15. The molecular formula is C17H16BrClN2O4. The fourth-order valence-electron chi connectivity index (χ4n) is 2.17. The minimum Gasteiger partial charge on any atom is -0.483 e. The number of rotatable bonds is 6. The Kier molecular flexibility index (Phi) is 6.39. The quantitative estimate of drug-likeness (QED) is 0.510. The highest BCUT2D eigenvalue weighted by molar-refractivity contribution is 9.10. The first-order valence-corrected chi connectivity index (χ1v) is 8.61. The van der Waals surface area contributed by atoms with Gasteiger partial charge in [-0.15, -0.1) is 0 Å². The predicted molar refractivity (Wildman–Crippen MR) is 100 cm³/mol. The van der Waals surface area contributed by atoms with Crippen molar-refractivity contribution in [1.82, 2.24) is 0 Å². The van der Waals surface area contributed by atoms with E-state index in [-0.39, 0.29) is 28.9 Å². The number of anilines is 1. The number of hydrogen-bond donors (Lipinski definition) is 1. The van der Waals surface area contributed by atoms with Crippen LogP contribution in [0, 0.1) is 10.1 Å². The Bertz CT molecular complexity index is 811. The van der Waals surface area contributed by atoms with E-state index in [2.05, 4.69) is 21.2 Å². The number of nitrogens with zero attached hydrogens (tertiary/aromatic N) is 1. The van der Waals surface area contributed by atoms with Crippen molar-refractivity contribution in [3.63, 3.8) is 0 Å². The van der Waals surface area contributed by atoms with Crippen molar-refractivity contribution in [2.75, 3.05) is 11.9 Å². The number of carbonyl (C=O) groups is 1. The molecule has 1 amide bonds. The first kappa shape index (κ1) is 19.2. The molecule has 25 heavy (non-hydrogen) atoms. The van der Waals surface area contributed by atoms with E-state index in [9.17, 15) is 14.9 Å². The van der Waals surface area contributed by atoms with Gasteiger partial charge in [-0.3, -0.25) is 14.9 Å². The second kappa shape index (κ2) is 8.31. The summed E-state index contributed by atoms with van der Waals surface area (Å²) in [4.78, 5) is 22.3. The monoisotopic (exact) mass is 426 g/mol. The number of benzene rings is 2. The van der Waals surface area contributed by atoms with Gasteiger partial charge in [-0.2, -0.15) is 0 Å². The number of hydrogen-bond acceptors (Lipinski definition) is 4. The van der Waals surface area contributed by atoms with Gasteiger partial charge >= 0.3 is 0 Å². The molecule has 0 aliphatic heterocycles. The van der Waals surface area contributed by atoms with E-state index >= 15 is 0 Å².